The fourth-order valence-corrected chi connectivity index (χ4v) is 3.38. The first kappa shape index (κ1) is 18.9. The smallest absolute Gasteiger partial charge is 0.315 e. The number of carboxylic acid groups (broad SMARTS) is 1. The van der Waals surface area contributed by atoms with E-state index < -0.39 is 11.9 Å². The van der Waals surface area contributed by atoms with Gasteiger partial charge in [-0.2, -0.15) is 0 Å². The summed E-state index contributed by atoms with van der Waals surface area (Å²) < 4.78 is 16.6. The Morgan fingerprint density at radius 3 is 2.52 bits per heavy atom. The number of nitrogens with zero attached hydrogens (tertiary/aromatic N) is 1. The van der Waals surface area contributed by atoms with E-state index in [1.807, 2.05) is 25.1 Å². The molecule has 2 aromatic rings. The van der Waals surface area contributed by atoms with Crippen LogP contribution in [0.5, 0.6) is 17.2 Å². The number of hydrogen-bond donors (Lipinski definition) is 1. The zero-order valence-electron chi connectivity index (χ0n) is 15.9. The molecule has 1 aliphatic heterocycles. The maximum Gasteiger partial charge on any atom is 0.315 e. The van der Waals surface area contributed by atoms with Crippen LogP contribution < -0.4 is 19.1 Å². The van der Waals surface area contributed by atoms with Crippen LogP contribution in [0.3, 0.4) is 0 Å². The van der Waals surface area contributed by atoms with Gasteiger partial charge in [0.05, 0.1) is 6.61 Å². The number of anilines is 1. The Labute approximate surface area is 159 Å². The van der Waals surface area contributed by atoms with Gasteiger partial charge in [0.1, 0.15) is 11.7 Å². The lowest BCUT2D eigenvalue weighted by Gasteiger charge is -2.24. The maximum absolute atomic E-state index is 12.2. The SMILES string of the molecule is CCOc1cc(N(CC)CC)ccc1C(C(=O)O)c1ccc2c(c1)OCO2. The Kier molecular flexibility index (Phi) is 5.74. The highest BCUT2D eigenvalue weighted by Gasteiger charge is 2.28. The van der Waals surface area contributed by atoms with Crippen molar-refractivity contribution >= 4 is 11.7 Å². The molecule has 0 saturated carbocycles. The van der Waals surface area contributed by atoms with Crippen LogP contribution in [0.15, 0.2) is 36.4 Å². The van der Waals surface area contributed by atoms with Crippen molar-refractivity contribution in [1.82, 2.24) is 0 Å². The summed E-state index contributed by atoms with van der Waals surface area (Å²) in [6, 6.07) is 11.0. The third-order valence-electron chi connectivity index (χ3n) is 4.71. The molecule has 0 amide bonds. The number of carboxylic acids is 1. The number of rotatable bonds is 8. The molecule has 0 bridgehead atoms. The molecular weight excluding hydrogens is 346 g/mol. The van der Waals surface area contributed by atoms with E-state index in [4.69, 9.17) is 14.2 Å². The normalized spacial score (nSPS) is 13.3. The summed E-state index contributed by atoms with van der Waals surface area (Å²) in [4.78, 5) is 14.3. The van der Waals surface area contributed by atoms with E-state index >= 15 is 0 Å². The fraction of sp³-hybridized carbons (Fsp3) is 0.381. The summed E-state index contributed by atoms with van der Waals surface area (Å²) in [5, 5.41) is 9.95. The largest absolute Gasteiger partial charge is 0.493 e. The van der Waals surface area contributed by atoms with Crippen molar-refractivity contribution in [3.63, 3.8) is 0 Å². The first-order valence-corrected chi connectivity index (χ1v) is 9.23. The predicted molar refractivity (Wildman–Crippen MR) is 103 cm³/mol. The van der Waals surface area contributed by atoms with Crippen LogP contribution in [0.1, 0.15) is 37.8 Å². The van der Waals surface area contributed by atoms with Gasteiger partial charge >= 0.3 is 5.97 Å². The highest BCUT2D eigenvalue weighted by atomic mass is 16.7. The van der Waals surface area contributed by atoms with Crippen LogP contribution in [0.2, 0.25) is 0 Å². The van der Waals surface area contributed by atoms with E-state index in [1.165, 1.54) is 0 Å². The van der Waals surface area contributed by atoms with Crippen LogP contribution in [0.4, 0.5) is 5.69 Å². The summed E-state index contributed by atoms with van der Waals surface area (Å²) in [5.74, 6) is -0.00884. The van der Waals surface area contributed by atoms with Crippen LogP contribution in [0.25, 0.3) is 0 Å². The van der Waals surface area contributed by atoms with Crippen molar-refractivity contribution in [1.29, 1.82) is 0 Å². The fourth-order valence-electron chi connectivity index (χ4n) is 3.38. The molecule has 0 saturated heterocycles. The minimum Gasteiger partial charge on any atom is -0.493 e. The quantitative estimate of drug-likeness (QED) is 0.760. The molecule has 6 nitrogen and oxygen atoms in total. The highest BCUT2D eigenvalue weighted by molar-refractivity contribution is 5.82. The lowest BCUT2D eigenvalue weighted by atomic mass is 9.90. The van der Waals surface area contributed by atoms with Crippen LogP contribution in [0, 0.1) is 0 Å². The van der Waals surface area contributed by atoms with E-state index in [0.717, 1.165) is 18.8 Å². The zero-order valence-corrected chi connectivity index (χ0v) is 15.9. The second kappa shape index (κ2) is 8.20. The molecule has 27 heavy (non-hydrogen) atoms. The van der Waals surface area contributed by atoms with E-state index in [1.54, 1.807) is 18.2 Å². The van der Waals surface area contributed by atoms with Crippen molar-refractivity contribution in [3.8, 4) is 17.2 Å². The molecule has 6 heteroatoms. The van der Waals surface area contributed by atoms with E-state index in [-0.39, 0.29) is 6.79 Å². The summed E-state index contributed by atoms with van der Waals surface area (Å²) in [5.41, 5.74) is 2.27. The Balaban J connectivity index is 2.05. The van der Waals surface area contributed by atoms with E-state index in [2.05, 4.69) is 18.7 Å². The predicted octanol–water partition coefficient (Wildman–Crippen LogP) is 3.88. The van der Waals surface area contributed by atoms with Gasteiger partial charge in [-0.05, 0) is 44.5 Å². The summed E-state index contributed by atoms with van der Waals surface area (Å²) >= 11 is 0. The molecule has 1 N–H and O–H groups in total. The van der Waals surface area contributed by atoms with Crippen molar-refractivity contribution in [3.05, 3.63) is 47.5 Å². The average Bonchev–Trinajstić information content (AvgIpc) is 3.12. The molecule has 2 aromatic carbocycles. The van der Waals surface area contributed by atoms with Gasteiger partial charge < -0.3 is 24.2 Å². The molecular formula is C21H25NO5. The number of benzene rings is 2. The second-order valence-electron chi connectivity index (χ2n) is 6.21. The highest BCUT2D eigenvalue weighted by Crippen LogP contribution is 2.39. The molecule has 144 valence electrons. The van der Waals surface area contributed by atoms with E-state index in [9.17, 15) is 9.90 Å². The summed E-state index contributed by atoms with van der Waals surface area (Å²) in [6.45, 7) is 8.42. The van der Waals surface area contributed by atoms with Crippen molar-refractivity contribution < 1.29 is 24.1 Å². The lowest BCUT2D eigenvalue weighted by molar-refractivity contribution is -0.137. The zero-order chi connectivity index (χ0) is 19.4. The van der Waals surface area contributed by atoms with Crippen LogP contribution >= 0.6 is 0 Å². The van der Waals surface area contributed by atoms with Gasteiger partial charge in [-0.3, -0.25) is 4.79 Å². The Hall–Kier alpha value is -2.89. The molecule has 1 atom stereocenters. The average molecular weight is 371 g/mol. The molecule has 0 fully saturated rings. The third-order valence-corrected chi connectivity index (χ3v) is 4.71. The Morgan fingerprint density at radius 2 is 1.85 bits per heavy atom. The van der Waals surface area contributed by atoms with Gasteiger partial charge in [-0.1, -0.05) is 12.1 Å². The maximum atomic E-state index is 12.2. The number of carbonyl (C=O) groups is 1. The van der Waals surface area contributed by atoms with Gasteiger partial charge in [0.2, 0.25) is 6.79 Å². The Morgan fingerprint density at radius 1 is 1.11 bits per heavy atom. The van der Waals surface area contributed by atoms with Crippen LogP contribution in [-0.4, -0.2) is 37.6 Å². The monoisotopic (exact) mass is 371 g/mol. The van der Waals surface area contributed by atoms with Crippen LogP contribution in [-0.2, 0) is 4.79 Å². The molecule has 3 rings (SSSR count). The van der Waals surface area contributed by atoms with Gasteiger partial charge in [0, 0.05) is 30.4 Å². The Bertz CT molecular complexity index is 816. The topological polar surface area (TPSA) is 68.2 Å². The number of ether oxygens (including phenoxy) is 3. The first-order valence-electron chi connectivity index (χ1n) is 9.23. The number of hydrogen-bond acceptors (Lipinski definition) is 5. The van der Waals surface area contributed by atoms with Crippen molar-refractivity contribution in [2.24, 2.45) is 0 Å². The lowest BCUT2D eigenvalue weighted by Crippen LogP contribution is -2.22. The molecule has 0 aliphatic carbocycles. The summed E-state index contributed by atoms with van der Waals surface area (Å²) in [7, 11) is 0. The van der Waals surface area contributed by atoms with Gasteiger partial charge in [-0.25, -0.2) is 0 Å². The van der Waals surface area contributed by atoms with Gasteiger partial charge in [0.25, 0.3) is 0 Å². The van der Waals surface area contributed by atoms with Gasteiger partial charge in [-0.15, -0.1) is 0 Å². The number of aliphatic carboxylic acids is 1. The van der Waals surface area contributed by atoms with E-state index in [0.29, 0.717) is 35.0 Å². The third kappa shape index (κ3) is 3.79. The van der Waals surface area contributed by atoms with Crippen molar-refractivity contribution in [2.75, 3.05) is 31.4 Å². The van der Waals surface area contributed by atoms with Gasteiger partial charge in [0.15, 0.2) is 11.5 Å². The molecule has 1 heterocycles. The molecule has 0 spiro atoms. The molecule has 1 unspecified atom stereocenters. The minimum absolute atomic E-state index is 0.152. The van der Waals surface area contributed by atoms with Crippen molar-refractivity contribution in [2.45, 2.75) is 26.7 Å². The minimum atomic E-state index is -0.939. The standard InChI is InChI=1S/C21H25NO5/c1-4-22(5-2)15-8-9-16(18(12-15)25-6-3)20(21(23)24)14-7-10-17-19(11-14)27-13-26-17/h7-12,20H,4-6,13H2,1-3H3,(H,23,24). The summed E-state index contributed by atoms with van der Waals surface area (Å²) in [6.07, 6.45) is 0. The molecule has 0 radical (unpaired) electrons. The molecule has 1 aliphatic rings. The first-order chi connectivity index (χ1) is 13.1. The molecule has 0 aromatic heterocycles. The second-order valence-corrected chi connectivity index (χ2v) is 6.21. The number of fused-ring (bicyclic) bond motifs is 1.